The Morgan fingerprint density at radius 2 is 1.82 bits per heavy atom. The largest absolute Gasteiger partial charge is 0.344 e. The van der Waals surface area contributed by atoms with Crippen molar-refractivity contribution < 1.29 is 9.18 Å². The van der Waals surface area contributed by atoms with Crippen LogP contribution in [-0.2, 0) is 0 Å². The molecule has 0 fully saturated rings. The minimum atomic E-state index is -0.389. The molecule has 2 aromatic carbocycles. The topological polar surface area (TPSA) is 57.6 Å². The molecule has 1 N–H and O–H groups in total. The third kappa shape index (κ3) is 3.94. The Morgan fingerprint density at radius 3 is 2.50 bits per heavy atom. The number of benzene rings is 2. The molecule has 140 valence electrons. The molecule has 0 bridgehead atoms. The van der Waals surface area contributed by atoms with E-state index in [9.17, 15) is 9.18 Å². The van der Waals surface area contributed by atoms with Gasteiger partial charge in [0.2, 0.25) is 0 Å². The first-order valence-corrected chi connectivity index (χ1v) is 9.49. The van der Waals surface area contributed by atoms with Crippen LogP contribution in [0.4, 0.5) is 15.0 Å². The van der Waals surface area contributed by atoms with Crippen LogP contribution >= 0.6 is 15.9 Å². The van der Waals surface area contributed by atoms with Crippen LogP contribution in [0.5, 0.6) is 0 Å². The van der Waals surface area contributed by atoms with Gasteiger partial charge in [-0.25, -0.2) is 19.2 Å². The molecule has 2 heterocycles. The van der Waals surface area contributed by atoms with Crippen molar-refractivity contribution in [1.29, 1.82) is 0 Å². The normalized spacial score (nSPS) is 16.0. The monoisotopic (exact) mass is 438 g/mol. The number of hydrogen-bond donors (Lipinski definition) is 1. The van der Waals surface area contributed by atoms with E-state index in [1.165, 1.54) is 17.1 Å². The van der Waals surface area contributed by atoms with E-state index in [0.29, 0.717) is 12.2 Å². The van der Waals surface area contributed by atoms with Crippen molar-refractivity contribution in [2.45, 2.75) is 12.5 Å². The summed E-state index contributed by atoms with van der Waals surface area (Å²) in [6.07, 6.45) is 2.14. The number of hydrogen-bond acceptors (Lipinski definition) is 3. The number of nitrogens with zero attached hydrogens (tertiary/aromatic N) is 3. The maximum Gasteiger partial charge on any atom is 0.344 e. The number of carbonyl (C=O) groups excluding carboxylic acids is 1. The lowest BCUT2D eigenvalue weighted by molar-refractivity contribution is 0.200. The van der Waals surface area contributed by atoms with Crippen molar-refractivity contribution >= 4 is 33.5 Å². The third-order valence-electron chi connectivity index (χ3n) is 4.45. The number of pyridine rings is 1. The molecule has 2 amide bonds. The van der Waals surface area contributed by atoms with Crippen molar-refractivity contribution in [2.75, 3.05) is 5.32 Å². The first-order chi connectivity index (χ1) is 13.6. The minimum Gasteiger partial charge on any atom is -0.291 e. The molecule has 1 atom stereocenters. The van der Waals surface area contributed by atoms with Crippen molar-refractivity contribution in [1.82, 2.24) is 9.99 Å². The fourth-order valence-electron chi connectivity index (χ4n) is 3.06. The number of carbonyl (C=O) groups is 1. The molecule has 5 nitrogen and oxygen atoms in total. The predicted molar refractivity (Wildman–Crippen MR) is 110 cm³/mol. The van der Waals surface area contributed by atoms with Crippen molar-refractivity contribution in [3.8, 4) is 0 Å². The maximum absolute atomic E-state index is 13.4. The lowest BCUT2D eigenvalue weighted by Crippen LogP contribution is -2.31. The highest BCUT2D eigenvalue weighted by Gasteiger charge is 2.33. The first-order valence-electron chi connectivity index (χ1n) is 8.70. The second kappa shape index (κ2) is 7.90. The quantitative estimate of drug-likeness (QED) is 0.597. The first kappa shape index (κ1) is 18.3. The highest BCUT2D eigenvalue weighted by Crippen LogP contribution is 2.33. The Labute approximate surface area is 170 Å². The van der Waals surface area contributed by atoms with E-state index in [4.69, 9.17) is 0 Å². The zero-order valence-corrected chi connectivity index (χ0v) is 16.3. The Kier molecular flexibility index (Phi) is 5.16. The second-order valence-electron chi connectivity index (χ2n) is 6.31. The van der Waals surface area contributed by atoms with E-state index in [0.717, 1.165) is 21.3 Å². The summed E-state index contributed by atoms with van der Waals surface area (Å²) in [5.41, 5.74) is 2.54. The maximum atomic E-state index is 13.4. The third-order valence-corrected chi connectivity index (χ3v) is 4.98. The summed E-state index contributed by atoms with van der Waals surface area (Å²) in [5.74, 6) is 0.123. The van der Waals surface area contributed by atoms with E-state index in [2.05, 4.69) is 31.3 Å². The summed E-state index contributed by atoms with van der Waals surface area (Å²) < 4.78 is 14.3. The van der Waals surface area contributed by atoms with Gasteiger partial charge in [-0.05, 0) is 47.5 Å². The summed E-state index contributed by atoms with van der Waals surface area (Å²) in [6, 6.07) is 18.5. The zero-order chi connectivity index (χ0) is 19.5. The molecule has 0 saturated carbocycles. The van der Waals surface area contributed by atoms with Crippen molar-refractivity contribution in [3.63, 3.8) is 0 Å². The lowest BCUT2D eigenvalue weighted by Gasteiger charge is -2.22. The molecule has 1 unspecified atom stereocenters. The molecule has 0 radical (unpaired) electrons. The number of nitrogens with one attached hydrogen (secondary N) is 1. The van der Waals surface area contributed by atoms with Gasteiger partial charge in [0, 0.05) is 17.1 Å². The minimum absolute atomic E-state index is 0.319. The van der Waals surface area contributed by atoms with E-state index in [1.54, 1.807) is 36.5 Å². The average Bonchev–Trinajstić information content (AvgIpc) is 3.15. The molecule has 1 aromatic heterocycles. The highest BCUT2D eigenvalue weighted by molar-refractivity contribution is 9.10. The number of urea groups is 1. The summed E-state index contributed by atoms with van der Waals surface area (Å²) in [4.78, 5) is 17.0. The van der Waals surface area contributed by atoms with Gasteiger partial charge in [-0.1, -0.05) is 46.3 Å². The van der Waals surface area contributed by atoms with Gasteiger partial charge in [-0.2, -0.15) is 5.10 Å². The number of hydrazone groups is 1. The second-order valence-corrected chi connectivity index (χ2v) is 7.23. The molecule has 4 rings (SSSR count). The van der Waals surface area contributed by atoms with Crippen LogP contribution in [0.1, 0.15) is 23.6 Å². The SMILES string of the molecule is O=C(Nc1ccccn1)N1N=C(c2ccc(Br)cc2)CC1c1ccc(F)cc1. The molecular formula is C21H16BrFN4O. The summed E-state index contributed by atoms with van der Waals surface area (Å²) >= 11 is 3.42. The Hall–Kier alpha value is -3.06. The molecule has 3 aromatic rings. The van der Waals surface area contributed by atoms with E-state index >= 15 is 0 Å². The van der Waals surface area contributed by atoms with Crippen LogP contribution in [0, 0.1) is 5.82 Å². The summed E-state index contributed by atoms with van der Waals surface area (Å²) in [7, 11) is 0. The number of aromatic nitrogens is 1. The number of amides is 2. The van der Waals surface area contributed by atoms with Gasteiger partial charge in [-0.15, -0.1) is 0 Å². The van der Waals surface area contributed by atoms with Gasteiger partial charge in [-0.3, -0.25) is 5.32 Å². The van der Waals surface area contributed by atoms with Crippen molar-refractivity contribution in [3.05, 3.63) is 94.3 Å². The van der Waals surface area contributed by atoms with Crippen molar-refractivity contribution in [2.24, 2.45) is 5.10 Å². The van der Waals surface area contributed by atoms with Crippen LogP contribution < -0.4 is 5.32 Å². The van der Waals surface area contributed by atoms with Crippen LogP contribution in [0.15, 0.2) is 82.5 Å². The van der Waals surface area contributed by atoms with Gasteiger partial charge in [0.25, 0.3) is 0 Å². The van der Waals surface area contributed by atoms with Gasteiger partial charge in [0.1, 0.15) is 11.6 Å². The molecule has 7 heteroatoms. The standard InChI is InChI=1S/C21H16BrFN4O/c22-16-8-4-14(5-9-16)18-13-19(15-6-10-17(23)11-7-15)27(26-18)21(28)25-20-3-1-2-12-24-20/h1-12,19H,13H2,(H,24,25,28). The molecule has 1 aliphatic heterocycles. The molecule has 1 aliphatic rings. The summed E-state index contributed by atoms with van der Waals surface area (Å²) in [5, 5.41) is 8.73. The molecular weight excluding hydrogens is 423 g/mol. The fraction of sp³-hybridized carbons (Fsp3) is 0.0952. The molecule has 0 saturated heterocycles. The van der Waals surface area contributed by atoms with E-state index in [-0.39, 0.29) is 17.9 Å². The molecule has 0 aliphatic carbocycles. The van der Waals surface area contributed by atoms with Crippen LogP contribution in [-0.4, -0.2) is 21.7 Å². The lowest BCUT2D eigenvalue weighted by atomic mass is 9.98. The number of rotatable bonds is 3. The summed E-state index contributed by atoms with van der Waals surface area (Å²) in [6.45, 7) is 0. The highest BCUT2D eigenvalue weighted by atomic mass is 79.9. The van der Waals surface area contributed by atoms with E-state index < -0.39 is 0 Å². The molecule has 28 heavy (non-hydrogen) atoms. The van der Waals surface area contributed by atoms with Crippen LogP contribution in [0.2, 0.25) is 0 Å². The van der Waals surface area contributed by atoms with Crippen LogP contribution in [0.3, 0.4) is 0 Å². The fourth-order valence-corrected chi connectivity index (χ4v) is 3.33. The van der Waals surface area contributed by atoms with Gasteiger partial charge in [0.05, 0.1) is 11.8 Å². The Morgan fingerprint density at radius 1 is 1.07 bits per heavy atom. The van der Waals surface area contributed by atoms with Crippen LogP contribution in [0.25, 0.3) is 0 Å². The van der Waals surface area contributed by atoms with Gasteiger partial charge < -0.3 is 0 Å². The van der Waals surface area contributed by atoms with Gasteiger partial charge >= 0.3 is 6.03 Å². The number of anilines is 1. The Bertz CT molecular complexity index is 1010. The number of halogens is 2. The predicted octanol–water partition coefficient (Wildman–Crippen LogP) is 5.37. The van der Waals surface area contributed by atoms with E-state index in [1.807, 2.05) is 24.3 Å². The smallest absolute Gasteiger partial charge is 0.291 e. The zero-order valence-electron chi connectivity index (χ0n) is 14.7. The van der Waals surface area contributed by atoms with Gasteiger partial charge in [0.15, 0.2) is 0 Å². The molecule has 0 spiro atoms. The average molecular weight is 439 g/mol. The Balaban J connectivity index is 1.65.